The largest absolute Gasteiger partial charge is 0.288 e. The number of sulfone groups is 1. The van der Waals surface area contributed by atoms with Gasteiger partial charge in [-0.25, -0.2) is 8.42 Å². The Morgan fingerprint density at radius 1 is 1.50 bits per heavy atom. The number of carbonyl (C=O) groups is 1. The standard InChI is InChI=1S/C5H10O3S2/c1-4(6)9-5(2)10(3,7)8/h5H,1-3H3. The summed E-state index contributed by atoms with van der Waals surface area (Å²) >= 11 is 0.834. The summed E-state index contributed by atoms with van der Waals surface area (Å²) in [5, 5.41) is -0.169. The van der Waals surface area contributed by atoms with Crippen LogP contribution in [0.2, 0.25) is 0 Å². The predicted molar refractivity (Wildman–Crippen MR) is 42.6 cm³/mol. The lowest BCUT2D eigenvalue weighted by molar-refractivity contribution is -0.109. The van der Waals surface area contributed by atoms with Crippen LogP contribution in [-0.4, -0.2) is 24.4 Å². The molecule has 60 valence electrons. The fourth-order valence-corrected chi connectivity index (χ4v) is 1.89. The molecule has 1 atom stereocenters. The molecule has 0 saturated carbocycles. The van der Waals surface area contributed by atoms with Gasteiger partial charge in [0.1, 0.15) is 4.58 Å². The zero-order valence-electron chi connectivity index (χ0n) is 6.12. The Balaban J connectivity index is 4.12. The van der Waals surface area contributed by atoms with E-state index in [1.165, 1.54) is 13.8 Å². The second-order valence-corrected chi connectivity index (χ2v) is 6.19. The summed E-state index contributed by atoms with van der Waals surface area (Å²) in [7, 11) is -3.06. The van der Waals surface area contributed by atoms with Crippen LogP contribution < -0.4 is 0 Å². The van der Waals surface area contributed by atoms with Crippen LogP contribution in [0.3, 0.4) is 0 Å². The van der Waals surface area contributed by atoms with E-state index in [1.54, 1.807) is 0 Å². The Labute approximate surface area is 65.1 Å². The summed E-state index contributed by atoms with van der Waals surface area (Å²) in [5.74, 6) is 0. The van der Waals surface area contributed by atoms with E-state index in [4.69, 9.17) is 0 Å². The van der Waals surface area contributed by atoms with Gasteiger partial charge in [0.05, 0.1) is 0 Å². The van der Waals surface area contributed by atoms with Crippen LogP contribution in [0.4, 0.5) is 0 Å². The molecular formula is C5H10O3S2. The first kappa shape index (κ1) is 9.97. The molecule has 3 nitrogen and oxygen atoms in total. The summed E-state index contributed by atoms with van der Waals surface area (Å²) in [5.41, 5.74) is 0. The van der Waals surface area contributed by atoms with E-state index < -0.39 is 14.4 Å². The van der Waals surface area contributed by atoms with Crippen molar-refractivity contribution in [2.75, 3.05) is 6.26 Å². The van der Waals surface area contributed by atoms with E-state index in [-0.39, 0.29) is 5.12 Å². The lowest BCUT2D eigenvalue weighted by Gasteiger charge is -2.03. The van der Waals surface area contributed by atoms with Crippen molar-refractivity contribution < 1.29 is 13.2 Å². The van der Waals surface area contributed by atoms with Crippen molar-refractivity contribution in [3.63, 3.8) is 0 Å². The summed E-state index contributed by atoms with van der Waals surface area (Å²) in [6, 6.07) is 0. The van der Waals surface area contributed by atoms with Gasteiger partial charge in [0, 0.05) is 13.2 Å². The van der Waals surface area contributed by atoms with Gasteiger partial charge in [-0.2, -0.15) is 0 Å². The summed E-state index contributed by atoms with van der Waals surface area (Å²) in [6.45, 7) is 2.85. The lowest BCUT2D eigenvalue weighted by atomic mass is 10.9. The average molecular weight is 182 g/mol. The van der Waals surface area contributed by atoms with Crippen molar-refractivity contribution in [3.05, 3.63) is 0 Å². The molecule has 0 aliphatic rings. The van der Waals surface area contributed by atoms with Gasteiger partial charge in [-0.15, -0.1) is 0 Å². The SMILES string of the molecule is CC(=O)SC(C)S(C)(=O)=O. The number of thioether (sulfide) groups is 1. The highest BCUT2D eigenvalue weighted by Gasteiger charge is 2.16. The lowest BCUT2D eigenvalue weighted by Crippen LogP contribution is -2.12. The molecule has 0 fully saturated rings. The van der Waals surface area contributed by atoms with Crippen LogP contribution in [0.25, 0.3) is 0 Å². The zero-order chi connectivity index (χ0) is 8.36. The smallest absolute Gasteiger partial charge is 0.187 e. The topological polar surface area (TPSA) is 51.2 Å². The maximum Gasteiger partial charge on any atom is 0.187 e. The highest BCUT2D eigenvalue weighted by Crippen LogP contribution is 2.15. The van der Waals surface area contributed by atoms with Crippen LogP contribution in [0.5, 0.6) is 0 Å². The van der Waals surface area contributed by atoms with Gasteiger partial charge in [-0.3, -0.25) is 4.79 Å². The van der Waals surface area contributed by atoms with Crippen LogP contribution in [-0.2, 0) is 14.6 Å². The van der Waals surface area contributed by atoms with Gasteiger partial charge in [-0.1, -0.05) is 11.8 Å². The second kappa shape index (κ2) is 3.39. The number of hydrogen-bond donors (Lipinski definition) is 0. The molecule has 0 aliphatic carbocycles. The minimum Gasteiger partial charge on any atom is -0.288 e. The number of rotatable bonds is 2. The third-order valence-electron chi connectivity index (χ3n) is 0.935. The Morgan fingerprint density at radius 2 is 1.90 bits per heavy atom. The van der Waals surface area contributed by atoms with E-state index in [0.717, 1.165) is 18.0 Å². The highest BCUT2D eigenvalue weighted by molar-refractivity contribution is 8.22. The van der Waals surface area contributed by atoms with Crippen molar-refractivity contribution in [1.29, 1.82) is 0 Å². The van der Waals surface area contributed by atoms with Crippen molar-refractivity contribution in [2.45, 2.75) is 18.4 Å². The quantitative estimate of drug-likeness (QED) is 0.629. The summed E-state index contributed by atoms with van der Waals surface area (Å²) in [4.78, 5) is 10.4. The third kappa shape index (κ3) is 3.90. The van der Waals surface area contributed by atoms with Gasteiger partial charge >= 0.3 is 0 Å². The average Bonchev–Trinajstić information content (AvgIpc) is 1.60. The maximum absolute atomic E-state index is 10.7. The number of carbonyl (C=O) groups excluding carboxylic acids is 1. The van der Waals surface area contributed by atoms with E-state index in [1.807, 2.05) is 0 Å². The Morgan fingerprint density at radius 3 is 2.00 bits per heavy atom. The monoisotopic (exact) mass is 182 g/mol. The molecule has 0 aromatic carbocycles. The van der Waals surface area contributed by atoms with Crippen LogP contribution in [0.1, 0.15) is 13.8 Å². The highest BCUT2D eigenvalue weighted by atomic mass is 32.3. The van der Waals surface area contributed by atoms with E-state index in [2.05, 4.69) is 0 Å². The van der Waals surface area contributed by atoms with Gasteiger partial charge < -0.3 is 0 Å². The Kier molecular flexibility index (Phi) is 3.38. The number of hydrogen-bond acceptors (Lipinski definition) is 4. The van der Waals surface area contributed by atoms with Crippen LogP contribution >= 0.6 is 11.8 Å². The minimum absolute atomic E-state index is 0.169. The molecule has 0 radical (unpaired) electrons. The fourth-order valence-electron chi connectivity index (χ4n) is 0.321. The first-order chi connectivity index (χ1) is 4.34. The first-order valence-electron chi connectivity index (χ1n) is 2.70. The molecule has 0 aromatic rings. The van der Waals surface area contributed by atoms with Crippen molar-refractivity contribution in [2.24, 2.45) is 0 Å². The molecule has 0 aromatic heterocycles. The normalized spacial score (nSPS) is 14.7. The maximum atomic E-state index is 10.7. The zero-order valence-corrected chi connectivity index (χ0v) is 7.75. The van der Waals surface area contributed by atoms with E-state index in [0.29, 0.717) is 0 Å². The van der Waals surface area contributed by atoms with E-state index in [9.17, 15) is 13.2 Å². The van der Waals surface area contributed by atoms with Crippen molar-refractivity contribution in [3.8, 4) is 0 Å². The van der Waals surface area contributed by atoms with Gasteiger partial charge in [-0.05, 0) is 6.92 Å². The van der Waals surface area contributed by atoms with Crippen LogP contribution in [0.15, 0.2) is 0 Å². The fraction of sp³-hybridized carbons (Fsp3) is 0.800. The molecule has 0 amide bonds. The molecule has 0 spiro atoms. The first-order valence-corrected chi connectivity index (χ1v) is 5.53. The molecule has 0 heterocycles. The molecule has 0 N–H and O–H groups in total. The molecule has 0 rings (SSSR count). The van der Waals surface area contributed by atoms with Crippen molar-refractivity contribution >= 4 is 26.7 Å². The van der Waals surface area contributed by atoms with Gasteiger partial charge in [0.2, 0.25) is 0 Å². The molecule has 0 bridgehead atoms. The van der Waals surface area contributed by atoms with Gasteiger partial charge in [0.15, 0.2) is 15.0 Å². The molecule has 1 unspecified atom stereocenters. The summed E-state index contributed by atoms with van der Waals surface area (Å²) in [6.07, 6.45) is 1.12. The van der Waals surface area contributed by atoms with E-state index >= 15 is 0 Å². The van der Waals surface area contributed by atoms with Crippen molar-refractivity contribution in [1.82, 2.24) is 0 Å². The predicted octanol–water partition coefficient (Wildman–Crippen LogP) is 0.657. The molecule has 0 aliphatic heterocycles. The third-order valence-corrected chi connectivity index (χ3v) is 4.14. The second-order valence-electron chi connectivity index (χ2n) is 2.01. The van der Waals surface area contributed by atoms with Crippen LogP contribution in [0, 0.1) is 0 Å². The molecule has 5 heteroatoms. The molecular weight excluding hydrogens is 172 g/mol. The Bertz CT molecular complexity index is 217. The Hall–Kier alpha value is -0.0300. The molecule has 10 heavy (non-hydrogen) atoms. The molecule has 0 saturated heterocycles. The minimum atomic E-state index is -3.06. The van der Waals surface area contributed by atoms with Gasteiger partial charge in [0.25, 0.3) is 0 Å². The summed E-state index contributed by atoms with van der Waals surface area (Å²) < 4.78 is 20.8.